The second kappa shape index (κ2) is 13.9. The molecule has 0 aliphatic heterocycles. The fourth-order valence-electron chi connectivity index (χ4n) is 0.602. The van der Waals surface area contributed by atoms with E-state index in [4.69, 9.17) is 0 Å². The molecule has 1 radical (unpaired) electrons. The summed E-state index contributed by atoms with van der Waals surface area (Å²) in [5.74, 6) is 0.366. The van der Waals surface area contributed by atoms with Crippen molar-refractivity contribution in [2.75, 3.05) is 0 Å². The molecule has 0 aromatic carbocycles. The SMILES string of the molecule is CCCC(=O)C(C)(C)C.[Ce+3].[Cl-].[Cl-].[Cl-]. The Morgan fingerprint density at radius 3 is 1.46 bits per heavy atom. The number of halogens is 3. The van der Waals surface area contributed by atoms with Crippen LogP contribution >= 0.6 is 0 Å². The van der Waals surface area contributed by atoms with Crippen molar-refractivity contribution in [3.05, 3.63) is 0 Å². The number of carbonyl (C=O) groups excluding carboxylic acids is 1. The van der Waals surface area contributed by atoms with Crippen molar-refractivity contribution >= 4 is 5.78 Å². The van der Waals surface area contributed by atoms with E-state index in [2.05, 4.69) is 0 Å². The molecule has 0 rings (SSSR count). The fraction of sp³-hybridized carbons (Fsp3) is 0.875. The maximum absolute atomic E-state index is 11.1. The van der Waals surface area contributed by atoms with Gasteiger partial charge in [-0.1, -0.05) is 27.7 Å². The van der Waals surface area contributed by atoms with Crippen LogP contribution < -0.4 is 37.2 Å². The van der Waals surface area contributed by atoms with E-state index in [1.54, 1.807) is 0 Å². The molecule has 0 aromatic rings. The third-order valence-electron chi connectivity index (χ3n) is 1.31. The standard InChI is InChI=1S/C8H16O.Ce.3ClH/c1-5-6-7(9)8(2,3)4;;;;/h5-6H2,1-4H3;;3*1H/q;+3;;;/p-3. The summed E-state index contributed by atoms with van der Waals surface area (Å²) in [6, 6.07) is 0. The van der Waals surface area contributed by atoms with Crippen LogP contribution in [0.4, 0.5) is 0 Å². The van der Waals surface area contributed by atoms with Gasteiger partial charge in [-0.2, -0.15) is 0 Å². The maximum atomic E-state index is 11.1. The minimum Gasteiger partial charge on any atom is -1.00 e. The zero-order valence-corrected chi connectivity index (χ0v) is 13.9. The third-order valence-corrected chi connectivity index (χ3v) is 1.31. The number of rotatable bonds is 2. The Kier molecular flexibility index (Phi) is 31.4. The van der Waals surface area contributed by atoms with E-state index in [1.165, 1.54) is 0 Å². The number of carbonyl (C=O) groups is 1. The molecule has 0 saturated carbocycles. The first-order chi connectivity index (χ1) is 3.98. The summed E-state index contributed by atoms with van der Waals surface area (Å²) in [6.45, 7) is 7.92. The van der Waals surface area contributed by atoms with Gasteiger partial charge in [-0.25, -0.2) is 0 Å². The largest absolute Gasteiger partial charge is 3.00 e. The maximum Gasteiger partial charge on any atom is 3.00 e. The quantitative estimate of drug-likeness (QED) is 0.470. The van der Waals surface area contributed by atoms with Crippen LogP contribution in [-0.4, -0.2) is 5.78 Å². The van der Waals surface area contributed by atoms with Crippen molar-refractivity contribution in [1.82, 2.24) is 0 Å². The number of Topliss-reactive ketones (excluding diaryl/α,β-unsaturated/α-hetero) is 1. The molecule has 0 fully saturated rings. The normalized spacial score (nSPS) is 8.00. The van der Waals surface area contributed by atoms with E-state index in [1.807, 2.05) is 27.7 Å². The second-order valence-corrected chi connectivity index (χ2v) is 3.42. The Morgan fingerprint density at radius 2 is 1.38 bits per heavy atom. The van der Waals surface area contributed by atoms with Crippen LogP contribution in [0.5, 0.6) is 0 Å². The minimum absolute atomic E-state index is 0. The summed E-state index contributed by atoms with van der Waals surface area (Å²) in [5.41, 5.74) is -0.129. The Hall–Kier alpha value is 1.92. The van der Waals surface area contributed by atoms with Gasteiger partial charge < -0.3 is 37.2 Å². The fourth-order valence-corrected chi connectivity index (χ4v) is 0.602. The van der Waals surface area contributed by atoms with Gasteiger partial charge in [0.05, 0.1) is 0 Å². The average molecular weight is 375 g/mol. The average Bonchev–Trinajstić information content (AvgIpc) is 1.64. The number of hydrogen-bond acceptors (Lipinski definition) is 1. The van der Waals surface area contributed by atoms with Crippen LogP contribution in [0.2, 0.25) is 0 Å². The van der Waals surface area contributed by atoms with Crippen LogP contribution in [0.15, 0.2) is 0 Å². The van der Waals surface area contributed by atoms with Crippen LogP contribution in [0, 0.1) is 47.2 Å². The van der Waals surface area contributed by atoms with Gasteiger partial charge in [0.2, 0.25) is 0 Å². The first-order valence-electron chi connectivity index (χ1n) is 3.51. The third kappa shape index (κ3) is 16.6. The molecule has 0 saturated heterocycles. The van der Waals surface area contributed by atoms with Gasteiger partial charge in [-0.3, -0.25) is 4.79 Å². The van der Waals surface area contributed by atoms with Crippen LogP contribution in [0.25, 0.3) is 0 Å². The summed E-state index contributed by atoms with van der Waals surface area (Å²) in [5, 5.41) is 0. The molecule has 13 heavy (non-hydrogen) atoms. The van der Waals surface area contributed by atoms with Crippen molar-refractivity contribution in [3.63, 3.8) is 0 Å². The Bertz CT molecular complexity index is 112. The molecular weight excluding hydrogens is 359 g/mol. The number of ketones is 1. The van der Waals surface area contributed by atoms with Gasteiger partial charge in [-0.05, 0) is 6.42 Å². The van der Waals surface area contributed by atoms with Gasteiger partial charge in [-0.15, -0.1) is 0 Å². The summed E-state index contributed by atoms with van der Waals surface area (Å²) in [4.78, 5) is 11.1. The van der Waals surface area contributed by atoms with Crippen LogP contribution in [-0.2, 0) is 4.79 Å². The monoisotopic (exact) mass is 373 g/mol. The van der Waals surface area contributed by atoms with Gasteiger partial charge in [0.15, 0.2) is 0 Å². The van der Waals surface area contributed by atoms with Crippen molar-refractivity contribution in [2.45, 2.75) is 40.5 Å². The van der Waals surface area contributed by atoms with E-state index in [0.29, 0.717) is 5.78 Å². The van der Waals surface area contributed by atoms with Crippen molar-refractivity contribution in [1.29, 1.82) is 0 Å². The van der Waals surface area contributed by atoms with Crippen LogP contribution in [0.1, 0.15) is 40.5 Å². The Morgan fingerprint density at radius 1 is 1.08 bits per heavy atom. The van der Waals surface area contributed by atoms with E-state index >= 15 is 0 Å². The minimum atomic E-state index is -0.129. The van der Waals surface area contributed by atoms with E-state index in [-0.39, 0.29) is 84.4 Å². The molecule has 0 aliphatic rings. The molecule has 0 aliphatic carbocycles. The summed E-state index contributed by atoms with van der Waals surface area (Å²) in [7, 11) is 0. The van der Waals surface area contributed by atoms with Gasteiger partial charge in [0.25, 0.3) is 0 Å². The molecule has 0 bridgehead atoms. The molecule has 0 amide bonds. The topological polar surface area (TPSA) is 17.1 Å². The predicted molar refractivity (Wildman–Crippen MR) is 39.4 cm³/mol. The van der Waals surface area contributed by atoms with Crippen molar-refractivity contribution < 1.29 is 83.8 Å². The second-order valence-electron chi connectivity index (χ2n) is 3.42. The van der Waals surface area contributed by atoms with Crippen LogP contribution in [0.3, 0.4) is 0 Å². The zero-order valence-electron chi connectivity index (χ0n) is 8.46. The van der Waals surface area contributed by atoms with Gasteiger partial charge in [0, 0.05) is 11.8 Å². The molecule has 0 unspecified atom stereocenters. The van der Waals surface area contributed by atoms with Crippen molar-refractivity contribution in [3.8, 4) is 0 Å². The summed E-state index contributed by atoms with van der Waals surface area (Å²) >= 11 is 0. The summed E-state index contributed by atoms with van der Waals surface area (Å²) < 4.78 is 0. The van der Waals surface area contributed by atoms with Gasteiger partial charge in [0.1, 0.15) is 5.78 Å². The molecular formula is C8H16CeCl3O. The van der Waals surface area contributed by atoms with E-state index in [0.717, 1.165) is 12.8 Å². The molecule has 0 N–H and O–H groups in total. The molecule has 0 spiro atoms. The van der Waals surface area contributed by atoms with Gasteiger partial charge >= 0.3 is 41.7 Å². The van der Waals surface area contributed by atoms with E-state index in [9.17, 15) is 4.79 Å². The smallest absolute Gasteiger partial charge is 1.00 e. The van der Waals surface area contributed by atoms with E-state index < -0.39 is 0 Å². The first kappa shape index (κ1) is 29.4. The molecule has 0 atom stereocenters. The van der Waals surface area contributed by atoms with Crippen molar-refractivity contribution in [2.24, 2.45) is 5.41 Å². The molecule has 0 aromatic heterocycles. The number of hydrogen-bond donors (Lipinski definition) is 0. The molecule has 1 nitrogen and oxygen atoms in total. The Labute approximate surface area is 134 Å². The first-order valence-corrected chi connectivity index (χ1v) is 3.51. The predicted octanol–water partition coefficient (Wildman–Crippen LogP) is -6.59. The molecule has 79 valence electrons. The Balaban J connectivity index is -0.0000000533. The molecule has 0 heterocycles. The molecule has 5 heteroatoms. The summed E-state index contributed by atoms with van der Waals surface area (Å²) in [6.07, 6.45) is 1.69. The zero-order chi connectivity index (χ0) is 7.49.